The smallest absolute Gasteiger partial charge is 0.328 e. The normalized spacial score (nSPS) is 16.1. The average molecular weight is 205 g/mol. The molecule has 2 rings (SSSR count). The molecular weight excluding hydrogens is 190 g/mol. The quantitative estimate of drug-likeness (QED) is 0.770. The first kappa shape index (κ1) is 10.0. The number of aliphatic carboxylic acids is 1. The lowest BCUT2D eigenvalue weighted by Crippen LogP contribution is -1.98. The van der Waals surface area contributed by atoms with Crippen LogP contribution >= 0.6 is 0 Å². The Balaban J connectivity index is 2.32. The fourth-order valence-electron chi connectivity index (χ4n) is 2.03. The highest BCUT2D eigenvalue weighted by atomic mass is 16.4. The molecule has 0 atom stereocenters. The van der Waals surface area contributed by atoms with Crippen LogP contribution in [0.4, 0.5) is 0 Å². The molecule has 1 saturated carbocycles. The van der Waals surface area contributed by atoms with Gasteiger partial charge in [0.25, 0.3) is 0 Å². The van der Waals surface area contributed by atoms with E-state index in [9.17, 15) is 4.79 Å². The van der Waals surface area contributed by atoms with Crippen molar-refractivity contribution in [2.75, 3.05) is 0 Å². The van der Waals surface area contributed by atoms with Gasteiger partial charge in [-0.3, -0.25) is 0 Å². The molecule has 1 N–H and O–H groups in total. The van der Waals surface area contributed by atoms with Crippen molar-refractivity contribution in [3.8, 4) is 0 Å². The van der Waals surface area contributed by atoms with Crippen molar-refractivity contribution in [1.82, 2.24) is 4.57 Å². The number of hydrogen-bond donors (Lipinski definition) is 1. The van der Waals surface area contributed by atoms with E-state index in [1.807, 2.05) is 13.0 Å². The number of carbonyl (C=O) groups is 1. The fraction of sp³-hybridized carbons (Fsp3) is 0.417. The first-order valence-corrected chi connectivity index (χ1v) is 5.19. The molecule has 3 nitrogen and oxygen atoms in total. The van der Waals surface area contributed by atoms with Crippen LogP contribution in [0.3, 0.4) is 0 Å². The number of carboxylic acids is 1. The molecule has 1 heterocycles. The van der Waals surface area contributed by atoms with Crippen molar-refractivity contribution >= 4 is 12.0 Å². The van der Waals surface area contributed by atoms with E-state index in [0.29, 0.717) is 6.04 Å². The predicted octanol–water partition coefficient (Wildman–Crippen LogP) is 2.54. The summed E-state index contributed by atoms with van der Waals surface area (Å²) in [4.78, 5) is 10.4. The standard InChI is InChI=1S/C12H15NO2/c1-8-7-10(3-6-12(14)15)9(2)13(8)11-4-5-11/h3,6-7,11H,4-5H2,1-2H3,(H,14,15). The van der Waals surface area contributed by atoms with Crippen molar-refractivity contribution in [2.24, 2.45) is 0 Å². The van der Waals surface area contributed by atoms with E-state index in [0.717, 1.165) is 5.56 Å². The average Bonchev–Trinajstić information content (AvgIpc) is 2.92. The summed E-state index contributed by atoms with van der Waals surface area (Å²) in [7, 11) is 0. The van der Waals surface area contributed by atoms with Crippen LogP contribution in [0.25, 0.3) is 6.08 Å². The number of rotatable bonds is 3. The number of nitrogens with zero attached hydrogens (tertiary/aromatic N) is 1. The van der Waals surface area contributed by atoms with E-state index >= 15 is 0 Å². The number of aryl methyl sites for hydroxylation is 1. The van der Waals surface area contributed by atoms with Crippen LogP contribution in [0.2, 0.25) is 0 Å². The maximum absolute atomic E-state index is 10.4. The summed E-state index contributed by atoms with van der Waals surface area (Å²) in [6, 6.07) is 2.70. The van der Waals surface area contributed by atoms with Gasteiger partial charge in [-0.1, -0.05) is 0 Å². The lowest BCUT2D eigenvalue weighted by Gasteiger charge is -2.06. The molecule has 0 spiro atoms. The molecule has 80 valence electrons. The Kier molecular flexibility index (Phi) is 2.39. The highest BCUT2D eigenvalue weighted by Crippen LogP contribution is 2.38. The second-order valence-electron chi connectivity index (χ2n) is 4.10. The monoisotopic (exact) mass is 205 g/mol. The van der Waals surface area contributed by atoms with E-state index in [-0.39, 0.29) is 0 Å². The molecule has 15 heavy (non-hydrogen) atoms. The maximum atomic E-state index is 10.4. The van der Waals surface area contributed by atoms with Crippen LogP contribution in [0.1, 0.15) is 35.8 Å². The fourth-order valence-corrected chi connectivity index (χ4v) is 2.03. The molecule has 1 aromatic heterocycles. The first-order valence-electron chi connectivity index (χ1n) is 5.19. The second-order valence-corrected chi connectivity index (χ2v) is 4.10. The van der Waals surface area contributed by atoms with Crippen LogP contribution in [-0.4, -0.2) is 15.6 Å². The molecule has 1 aliphatic carbocycles. The molecule has 0 amide bonds. The minimum atomic E-state index is -0.897. The van der Waals surface area contributed by atoms with E-state index in [4.69, 9.17) is 5.11 Å². The molecule has 0 aliphatic heterocycles. The third-order valence-electron chi connectivity index (χ3n) is 2.84. The number of hydrogen-bond acceptors (Lipinski definition) is 1. The van der Waals surface area contributed by atoms with Gasteiger partial charge in [-0.15, -0.1) is 0 Å². The molecule has 0 aromatic carbocycles. The molecule has 0 radical (unpaired) electrons. The first-order chi connectivity index (χ1) is 7.09. The third-order valence-corrected chi connectivity index (χ3v) is 2.84. The van der Waals surface area contributed by atoms with Crippen molar-refractivity contribution in [1.29, 1.82) is 0 Å². The largest absolute Gasteiger partial charge is 0.478 e. The Labute approximate surface area is 89.0 Å². The predicted molar refractivity (Wildman–Crippen MR) is 58.8 cm³/mol. The van der Waals surface area contributed by atoms with Gasteiger partial charge < -0.3 is 9.67 Å². The highest BCUT2D eigenvalue weighted by molar-refractivity contribution is 5.85. The Bertz CT molecular complexity index is 425. The topological polar surface area (TPSA) is 42.2 Å². The highest BCUT2D eigenvalue weighted by Gasteiger charge is 2.26. The van der Waals surface area contributed by atoms with Gasteiger partial charge in [-0.05, 0) is 44.4 Å². The molecule has 0 bridgehead atoms. The van der Waals surface area contributed by atoms with E-state index in [2.05, 4.69) is 11.5 Å². The van der Waals surface area contributed by atoms with Gasteiger partial charge in [0.2, 0.25) is 0 Å². The molecule has 0 unspecified atom stereocenters. The van der Waals surface area contributed by atoms with Crippen molar-refractivity contribution < 1.29 is 9.90 Å². The second kappa shape index (κ2) is 3.57. The van der Waals surface area contributed by atoms with Crippen LogP contribution in [-0.2, 0) is 4.79 Å². The minimum Gasteiger partial charge on any atom is -0.478 e. The number of aromatic nitrogens is 1. The van der Waals surface area contributed by atoms with Gasteiger partial charge in [0.15, 0.2) is 0 Å². The summed E-state index contributed by atoms with van der Waals surface area (Å²) in [5.74, 6) is -0.897. The van der Waals surface area contributed by atoms with Gasteiger partial charge in [-0.25, -0.2) is 4.79 Å². The summed E-state index contributed by atoms with van der Waals surface area (Å²) >= 11 is 0. The summed E-state index contributed by atoms with van der Waals surface area (Å²) in [6.07, 6.45) is 5.36. The Hall–Kier alpha value is -1.51. The third kappa shape index (κ3) is 1.96. The van der Waals surface area contributed by atoms with Gasteiger partial charge in [-0.2, -0.15) is 0 Å². The van der Waals surface area contributed by atoms with Crippen LogP contribution in [0.5, 0.6) is 0 Å². The molecule has 1 aromatic rings. The van der Waals surface area contributed by atoms with Crippen LogP contribution < -0.4 is 0 Å². The van der Waals surface area contributed by atoms with Crippen molar-refractivity contribution in [3.63, 3.8) is 0 Å². The maximum Gasteiger partial charge on any atom is 0.328 e. The Morgan fingerprint density at radius 2 is 2.20 bits per heavy atom. The minimum absolute atomic E-state index is 0.650. The van der Waals surface area contributed by atoms with Gasteiger partial charge in [0, 0.05) is 23.5 Å². The summed E-state index contributed by atoms with van der Waals surface area (Å²) in [6.45, 7) is 4.12. The zero-order valence-corrected chi connectivity index (χ0v) is 9.03. The summed E-state index contributed by atoms with van der Waals surface area (Å²) in [5.41, 5.74) is 3.41. The van der Waals surface area contributed by atoms with Crippen molar-refractivity contribution in [3.05, 3.63) is 29.1 Å². The zero-order valence-electron chi connectivity index (χ0n) is 9.03. The summed E-state index contributed by atoms with van der Waals surface area (Å²) in [5, 5.41) is 8.57. The van der Waals surface area contributed by atoms with Gasteiger partial charge in [0.05, 0.1) is 0 Å². The lowest BCUT2D eigenvalue weighted by atomic mass is 10.2. The SMILES string of the molecule is Cc1cc(C=CC(=O)O)c(C)n1C1CC1. The van der Waals surface area contributed by atoms with Crippen LogP contribution in [0, 0.1) is 13.8 Å². The molecular formula is C12H15NO2. The van der Waals surface area contributed by atoms with Gasteiger partial charge in [0.1, 0.15) is 0 Å². The van der Waals surface area contributed by atoms with Crippen molar-refractivity contribution in [2.45, 2.75) is 32.7 Å². The van der Waals surface area contributed by atoms with E-state index in [1.54, 1.807) is 6.08 Å². The van der Waals surface area contributed by atoms with E-state index in [1.165, 1.54) is 30.3 Å². The van der Waals surface area contributed by atoms with Crippen LogP contribution in [0.15, 0.2) is 12.1 Å². The lowest BCUT2D eigenvalue weighted by molar-refractivity contribution is -0.131. The molecule has 1 aliphatic rings. The van der Waals surface area contributed by atoms with E-state index < -0.39 is 5.97 Å². The summed E-state index contributed by atoms with van der Waals surface area (Å²) < 4.78 is 2.31. The Morgan fingerprint density at radius 3 is 2.73 bits per heavy atom. The Morgan fingerprint density at radius 1 is 1.53 bits per heavy atom. The molecule has 1 fully saturated rings. The number of carboxylic acid groups (broad SMARTS) is 1. The van der Waals surface area contributed by atoms with Gasteiger partial charge >= 0.3 is 5.97 Å². The zero-order chi connectivity index (χ0) is 11.0. The molecule has 0 saturated heterocycles. The molecule has 3 heteroatoms.